The zero-order valence-corrected chi connectivity index (χ0v) is 6.71. The molecule has 0 heterocycles. The maximum Gasteiger partial charge on any atom is 0.0569 e. The van der Waals surface area contributed by atoms with E-state index in [0.717, 1.165) is 19.4 Å². The molecule has 0 radical (unpaired) electrons. The van der Waals surface area contributed by atoms with Gasteiger partial charge in [0.25, 0.3) is 0 Å². The molecule has 2 nitrogen and oxygen atoms in total. The predicted molar refractivity (Wildman–Crippen MR) is 39.8 cm³/mol. The van der Waals surface area contributed by atoms with Crippen LogP contribution in [0.2, 0.25) is 0 Å². The Morgan fingerprint density at radius 2 is 2.20 bits per heavy atom. The molecule has 3 atom stereocenters. The molecular weight excluding hydrogens is 128 g/mol. The van der Waals surface area contributed by atoms with Gasteiger partial charge >= 0.3 is 0 Å². The Labute approximate surface area is 62.2 Å². The molecule has 0 aromatic carbocycles. The average molecular weight is 144 g/mol. The summed E-state index contributed by atoms with van der Waals surface area (Å²) in [6.45, 7) is 2.90. The van der Waals surface area contributed by atoms with Gasteiger partial charge in [-0.2, -0.15) is 0 Å². The van der Waals surface area contributed by atoms with Gasteiger partial charge in [-0.25, -0.2) is 0 Å². The normalized spacial score (nSPS) is 40.5. The summed E-state index contributed by atoms with van der Waals surface area (Å²) in [6.07, 6.45) is 1.96. The molecule has 1 rings (SSSR count). The molecule has 1 aliphatic carbocycles. The Morgan fingerprint density at radius 3 is 2.60 bits per heavy atom. The molecule has 0 amide bonds. The molecule has 1 N–H and O–H groups in total. The van der Waals surface area contributed by atoms with E-state index in [1.807, 2.05) is 0 Å². The molecule has 0 aliphatic heterocycles. The minimum atomic E-state index is -0.0832. The molecule has 0 bridgehead atoms. The van der Waals surface area contributed by atoms with Crippen molar-refractivity contribution < 1.29 is 9.84 Å². The highest BCUT2D eigenvalue weighted by Crippen LogP contribution is 2.30. The zero-order valence-electron chi connectivity index (χ0n) is 6.71. The molecule has 1 fully saturated rings. The molecule has 0 spiro atoms. The van der Waals surface area contributed by atoms with E-state index in [4.69, 9.17) is 4.74 Å². The van der Waals surface area contributed by atoms with Gasteiger partial charge in [0.05, 0.1) is 6.10 Å². The Bertz CT molecular complexity index is 93.4. The van der Waals surface area contributed by atoms with E-state index in [2.05, 4.69) is 6.92 Å². The van der Waals surface area contributed by atoms with Crippen LogP contribution >= 0.6 is 0 Å². The van der Waals surface area contributed by atoms with Crippen molar-refractivity contribution in [2.24, 2.45) is 11.8 Å². The molecule has 0 saturated heterocycles. The molecule has 0 unspecified atom stereocenters. The fraction of sp³-hybridized carbons (Fsp3) is 1.00. The van der Waals surface area contributed by atoms with Gasteiger partial charge in [0.2, 0.25) is 0 Å². The highest BCUT2D eigenvalue weighted by molar-refractivity contribution is 4.79. The predicted octanol–water partition coefficient (Wildman–Crippen LogP) is 1.04. The van der Waals surface area contributed by atoms with Crippen LogP contribution in [0.5, 0.6) is 0 Å². The first kappa shape index (κ1) is 8.02. The number of aliphatic hydroxyl groups excluding tert-OH is 1. The lowest BCUT2D eigenvalue weighted by Crippen LogP contribution is -2.08. The lowest BCUT2D eigenvalue weighted by atomic mass is 10.1. The maximum absolute atomic E-state index is 9.34. The van der Waals surface area contributed by atoms with Crippen LogP contribution in [-0.4, -0.2) is 24.9 Å². The largest absolute Gasteiger partial charge is 0.393 e. The Balaban J connectivity index is 2.27. The van der Waals surface area contributed by atoms with Crippen molar-refractivity contribution in [3.05, 3.63) is 0 Å². The summed E-state index contributed by atoms with van der Waals surface area (Å²) in [4.78, 5) is 0. The molecule has 60 valence electrons. The second-order valence-corrected chi connectivity index (χ2v) is 3.34. The number of hydrogen-bond acceptors (Lipinski definition) is 2. The Morgan fingerprint density at radius 1 is 1.50 bits per heavy atom. The van der Waals surface area contributed by atoms with Crippen molar-refractivity contribution in [1.29, 1.82) is 0 Å². The topological polar surface area (TPSA) is 29.5 Å². The molecule has 0 aromatic heterocycles. The fourth-order valence-electron chi connectivity index (χ4n) is 1.72. The van der Waals surface area contributed by atoms with Crippen molar-refractivity contribution in [2.45, 2.75) is 25.9 Å². The van der Waals surface area contributed by atoms with E-state index in [1.165, 1.54) is 0 Å². The number of aliphatic hydroxyl groups is 1. The quantitative estimate of drug-likeness (QED) is 0.627. The summed E-state index contributed by atoms with van der Waals surface area (Å²) in [6, 6.07) is 0. The lowest BCUT2D eigenvalue weighted by molar-refractivity contribution is 0.125. The van der Waals surface area contributed by atoms with Crippen LogP contribution in [0, 0.1) is 11.8 Å². The van der Waals surface area contributed by atoms with Gasteiger partial charge in [0.1, 0.15) is 0 Å². The zero-order chi connectivity index (χ0) is 7.56. The van der Waals surface area contributed by atoms with Gasteiger partial charge in [-0.3, -0.25) is 0 Å². The summed E-state index contributed by atoms with van der Waals surface area (Å²) in [5.41, 5.74) is 0. The standard InChI is InChI=1S/C8H16O2/c1-6-3-7(5-10-2)4-8(6)9/h6-9H,3-5H2,1-2H3/t6-,7+,8-/m1/s1. The highest BCUT2D eigenvalue weighted by Gasteiger charge is 2.29. The first-order chi connectivity index (χ1) is 4.74. The average Bonchev–Trinajstić information content (AvgIpc) is 2.14. The van der Waals surface area contributed by atoms with Gasteiger partial charge < -0.3 is 9.84 Å². The third kappa shape index (κ3) is 1.70. The van der Waals surface area contributed by atoms with Crippen molar-refractivity contribution in [3.8, 4) is 0 Å². The van der Waals surface area contributed by atoms with Gasteiger partial charge in [-0.1, -0.05) is 6.92 Å². The van der Waals surface area contributed by atoms with Crippen molar-refractivity contribution in [3.63, 3.8) is 0 Å². The highest BCUT2D eigenvalue weighted by atomic mass is 16.5. The Kier molecular flexibility index (Phi) is 2.69. The lowest BCUT2D eigenvalue weighted by Gasteiger charge is -2.05. The first-order valence-corrected chi connectivity index (χ1v) is 3.91. The van der Waals surface area contributed by atoms with Crippen molar-refractivity contribution in [1.82, 2.24) is 0 Å². The van der Waals surface area contributed by atoms with Gasteiger partial charge in [0, 0.05) is 13.7 Å². The van der Waals surface area contributed by atoms with E-state index in [0.29, 0.717) is 11.8 Å². The van der Waals surface area contributed by atoms with E-state index in [1.54, 1.807) is 7.11 Å². The van der Waals surface area contributed by atoms with Gasteiger partial charge in [-0.05, 0) is 24.7 Å². The van der Waals surface area contributed by atoms with Crippen LogP contribution in [0.4, 0.5) is 0 Å². The summed E-state index contributed by atoms with van der Waals surface area (Å²) < 4.78 is 5.01. The van der Waals surface area contributed by atoms with Crippen LogP contribution in [0.25, 0.3) is 0 Å². The van der Waals surface area contributed by atoms with Gasteiger partial charge in [0.15, 0.2) is 0 Å². The summed E-state index contributed by atoms with van der Waals surface area (Å²) in [5.74, 6) is 1.06. The fourth-order valence-corrected chi connectivity index (χ4v) is 1.72. The first-order valence-electron chi connectivity index (χ1n) is 3.91. The number of hydrogen-bond donors (Lipinski definition) is 1. The third-order valence-corrected chi connectivity index (χ3v) is 2.34. The van der Waals surface area contributed by atoms with Crippen LogP contribution in [0.15, 0.2) is 0 Å². The van der Waals surface area contributed by atoms with E-state index in [-0.39, 0.29) is 6.10 Å². The summed E-state index contributed by atoms with van der Waals surface area (Å²) in [5, 5.41) is 9.34. The van der Waals surface area contributed by atoms with Crippen molar-refractivity contribution >= 4 is 0 Å². The van der Waals surface area contributed by atoms with Crippen molar-refractivity contribution in [2.75, 3.05) is 13.7 Å². The van der Waals surface area contributed by atoms with E-state index >= 15 is 0 Å². The summed E-state index contributed by atoms with van der Waals surface area (Å²) >= 11 is 0. The van der Waals surface area contributed by atoms with Gasteiger partial charge in [-0.15, -0.1) is 0 Å². The second-order valence-electron chi connectivity index (χ2n) is 3.34. The van der Waals surface area contributed by atoms with Crippen LogP contribution in [0.3, 0.4) is 0 Å². The number of rotatable bonds is 2. The van der Waals surface area contributed by atoms with E-state index in [9.17, 15) is 5.11 Å². The third-order valence-electron chi connectivity index (χ3n) is 2.34. The van der Waals surface area contributed by atoms with E-state index < -0.39 is 0 Å². The smallest absolute Gasteiger partial charge is 0.0569 e. The maximum atomic E-state index is 9.34. The Hall–Kier alpha value is -0.0800. The second kappa shape index (κ2) is 3.35. The molecular formula is C8H16O2. The molecule has 1 saturated carbocycles. The number of methoxy groups -OCH3 is 1. The van der Waals surface area contributed by atoms with Crippen LogP contribution in [-0.2, 0) is 4.74 Å². The molecule has 10 heavy (non-hydrogen) atoms. The minimum Gasteiger partial charge on any atom is -0.393 e. The number of ether oxygens (including phenoxy) is 1. The minimum absolute atomic E-state index is 0.0832. The molecule has 2 heteroatoms. The monoisotopic (exact) mass is 144 g/mol. The molecule has 1 aliphatic rings. The van der Waals surface area contributed by atoms with Crippen LogP contribution < -0.4 is 0 Å². The SMILES string of the molecule is COC[C@H]1C[C@@H](C)[C@H](O)C1. The summed E-state index contributed by atoms with van der Waals surface area (Å²) in [7, 11) is 1.72. The molecule has 0 aromatic rings. The van der Waals surface area contributed by atoms with Crippen LogP contribution in [0.1, 0.15) is 19.8 Å².